The molecule has 6 rings (SSSR count). The Morgan fingerprint density at radius 3 is 0.658 bits per heavy atom. The summed E-state index contributed by atoms with van der Waals surface area (Å²) in [6.07, 6.45) is -73.7. The van der Waals surface area contributed by atoms with Crippen molar-refractivity contribution in [1.29, 1.82) is 0 Å². The lowest BCUT2D eigenvalue weighted by Gasteiger charge is -2.48. The minimum atomic E-state index is -2.64. The maximum Gasteiger partial charge on any atom is 0.335 e. The first-order valence-electron chi connectivity index (χ1n) is 21.1. The summed E-state index contributed by atoms with van der Waals surface area (Å²) in [5.74, 6) is -12.2. The van der Waals surface area contributed by atoms with Gasteiger partial charge in [-0.05, 0) is 0 Å². The number of aliphatic carboxylic acids is 6. The van der Waals surface area contributed by atoms with Crippen molar-refractivity contribution in [3.05, 3.63) is 0 Å². The molecule has 6 saturated heterocycles. The Kier molecular flexibility index (Phi) is 18.3. The molecule has 6 fully saturated rings. The zero-order valence-electron chi connectivity index (χ0n) is 36.2. The van der Waals surface area contributed by atoms with Crippen LogP contribution in [0, 0.1) is 0 Å². The molecule has 416 valence electrons. The first-order valence-corrected chi connectivity index (χ1v) is 21.1. The van der Waals surface area contributed by atoms with E-state index in [1.807, 2.05) is 0 Å². The van der Waals surface area contributed by atoms with Crippen molar-refractivity contribution >= 4 is 35.8 Å². The van der Waals surface area contributed by atoms with Gasteiger partial charge >= 0.3 is 35.8 Å². The normalized spacial score (nSPS) is 49.6. The van der Waals surface area contributed by atoms with Gasteiger partial charge in [-0.25, -0.2) is 28.8 Å². The Balaban J connectivity index is 1.13. The van der Waals surface area contributed by atoms with Crippen LogP contribution in [0.15, 0.2) is 0 Å². The number of aliphatic hydroxyl groups is 14. The Hall–Kier alpha value is -4.18. The lowest BCUT2D eigenvalue weighted by Crippen LogP contribution is -2.69. The van der Waals surface area contributed by atoms with Crippen LogP contribution in [0.3, 0.4) is 0 Å². The summed E-state index contributed by atoms with van der Waals surface area (Å²) in [5.41, 5.74) is 0. The molecular weight excluding hydrogens is 1020 g/mol. The molecule has 20 N–H and O–H groups in total. The summed E-state index contributed by atoms with van der Waals surface area (Å²) in [6, 6.07) is 0. The molecule has 6 heterocycles. The number of ether oxygens (including phenoxy) is 11. The quantitative estimate of drug-likeness (QED) is 0.0682. The minimum Gasteiger partial charge on any atom is -0.479 e. The smallest absolute Gasteiger partial charge is 0.335 e. The van der Waals surface area contributed by atoms with Crippen LogP contribution in [0.4, 0.5) is 0 Å². The van der Waals surface area contributed by atoms with Gasteiger partial charge in [-0.2, -0.15) is 0 Å². The molecule has 6 aliphatic rings. The second-order valence-electron chi connectivity index (χ2n) is 17.0. The zero-order chi connectivity index (χ0) is 54.6. The van der Waals surface area contributed by atoms with Crippen LogP contribution in [-0.4, -0.2) is 322 Å². The molecule has 73 heavy (non-hydrogen) atoms. The minimum absolute atomic E-state index is 1.90. The second kappa shape index (κ2) is 23.0. The lowest BCUT2D eigenvalue weighted by molar-refractivity contribution is -0.386. The lowest BCUT2D eigenvalue weighted by atomic mass is 9.95. The molecule has 37 nitrogen and oxygen atoms in total. The van der Waals surface area contributed by atoms with Gasteiger partial charge in [0, 0.05) is 0 Å². The summed E-state index contributed by atoms with van der Waals surface area (Å²) in [6.45, 7) is 0. The van der Waals surface area contributed by atoms with Crippen molar-refractivity contribution in [3.63, 3.8) is 0 Å². The van der Waals surface area contributed by atoms with E-state index in [1.165, 1.54) is 0 Å². The molecule has 0 aromatic carbocycles. The molecule has 0 aliphatic carbocycles. The highest BCUT2D eigenvalue weighted by Gasteiger charge is 2.60. The largest absolute Gasteiger partial charge is 0.479 e. The fourth-order valence-corrected chi connectivity index (χ4v) is 8.34. The van der Waals surface area contributed by atoms with Crippen LogP contribution in [-0.2, 0) is 80.9 Å². The van der Waals surface area contributed by atoms with Gasteiger partial charge in [0.2, 0.25) is 0 Å². The Labute approximate surface area is 403 Å². The SMILES string of the molecule is O=C(O)[C@H]1O[C@H](O[C@@H]2[C@H](O)[C@@H](O)[C@@H](O[C@@H]3[C@H](O)[C@@H](O)[C@@H](O[C@@H]4[C@H](O)[C@@H](O)[C@@H](O[C@@H]5[C@H](O)[C@@H](O)[C@@H](O[C@@H]6[C@H](O)[C@@H](O)[C@@H](O)O[C@@H]6C(=O)O)O[C@@H]5C(=O)O)O[C@@H]4C(=O)O)O[C@@H]3C(=O)O)O[C@@H]2C(=O)O)[C@H](O)[C@@H](O)[C@H]1O. The number of carboxylic acid groups (broad SMARTS) is 6. The van der Waals surface area contributed by atoms with Crippen LogP contribution in [0.5, 0.6) is 0 Å². The van der Waals surface area contributed by atoms with Crippen molar-refractivity contribution in [3.8, 4) is 0 Å². The highest BCUT2D eigenvalue weighted by Crippen LogP contribution is 2.37. The molecule has 30 atom stereocenters. The number of carboxylic acids is 6. The predicted octanol–water partition coefficient (Wildman–Crippen LogP) is -13.5. The number of hydrogen-bond donors (Lipinski definition) is 20. The van der Waals surface area contributed by atoms with E-state index in [1.54, 1.807) is 0 Å². The van der Waals surface area contributed by atoms with Gasteiger partial charge in [-0.15, -0.1) is 0 Å². The molecule has 0 aromatic heterocycles. The average Bonchev–Trinajstić information content (AvgIpc) is 3.31. The third-order valence-corrected chi connectivity index (χ3v) is 12.2. The van der Waals surface area contributed by atoms with Crippen LogP contribution < -0.4 is 0 Å². The van der Waals surface area contributed by atoms with Gasteiger partial charge in [0.1, 0.15) is 110 Å². The average molecular weight is 1070 g/mol. The standard InChI is InChI=1S/C36H50O37/c37-1-2(38)19(25(50)51)69-32(9(1)45)65-15-4(40)11(47)34(71-21(15)27(54)55)67-17-6(42)13(49)36(73-23(17)29(58)59)68-18-7(43)12(48)35(72-24(18)30(60)61)66-16-5(41)10(46)33(70-22(16)28(56)57)64-14-3(39)8(44)31(62)63-20(14)26(52)53/h1-24,31-49,62H,(H,50,51)(H,52,53)(H,54,55)(H,56,57)(H,58,59)(H,60,61)/t1-,2+,3+,4+,5+,6+,7+,8+,9+,10+,11+,12+,13+,14+,15+,16+,17+,18+,19-,20-,21-,22-,23-,24-,31-,32-,33-,34-,35-,36-/m0/s1. The van der Waals surface area contributed by atoms with E-state index in [0.717, 1.165) is 0 Å². The highest BCUT2D eigenvalue weighted by atomic mass is 16.8. The topological polar surface area (TPSA) is 609 Å². The third kappa shape index (κ3) is 11.5. The Bertz CT molecular complexity index is 1990. The van der Waals surface area contributed by atoms with Gasteiger partial charge in [-0.3, -0.25) is 0 Å². The van der Waals surface area contributed by atoms with Gasteiger partial charge in [-0.1, -0.05) is 0 Å². The van der Waals surface area contributed by atoms with Crippen molar-refractivity contribution in [2.45, 2.75) is 184 Å². The first-order chi connectivity index (χ1) is 34.0. The fourth-order valence-electron chi connectivity index (χ4n) is 8.34. The number of rotatable bonds is 16. The van der Waals surface area contributed by atoms with Gasteiger partial charge in [0.25, 0.3) is 0 Å². The summed E-state index contributed by atoms with van der Waals surface area (Å²) < 4.78 is 56.5. The van der Waals surface area contributed by atoms with E-state index >= 15 is 0 Å². The molecule has 37 heteroatoms. The van der Waals surface area contributed by atoms with E-state index in [-0.39, 0.29) is 0 Å². The molecule has 0 amide bonds. The van der Waals surface area contributed by atoms with Crippen molar-refractivity contribution in [2.24, 2.45) is 0 Å². The number of hydrogen-bond acceptors (Lipinski definition) is 31. The molecule has 0 saturated carbocycles. The third-order valence-electron chi connectivity index (χ3n) is 12.2. The van der Waals surface area contributed by atoms with Crippen molar-refractivity contribution < 1.29 is 183 Å². The summed E-state index contributed by atoms with van der Waals surface area (Å²) in [5, 5.41) is 207. The Morgan fingerprint density at radius 1 is 0.233 bits per heavy atom. The fraction of sp³-hybridized carbons (Fsp3) is 0.833. The molecule has 0 spiro atoms. The molecule has 0 unspecified atom stereocenters. The molecular formula is C36H50O37. The number of carbonyl (C=O) groups is 6. The van der Waals surface area contributed by atoms with Gasteiger partial charge in [0.05, 0.1) is 0 Å². The van der Waals surface area contributed by atoms with Crippen LogP contribution in [0.2, 0.25) is 0 Å². The van der Waals surface area contributed by atoms with Crippen LogP contribution in [0.1, 0.15) is 0 Å². The summed E-state index contributed by atoms with van der Waals surface area (Å²) in [7, 11) is 0. The molecule has 0 radical (unpaired) electrons. The van der Waals surface area contributed by atoms with Crippen molar-refractivity contribution in [2.75, 3.05) is 0 Å². The predicted molar refractivity (Wildman–Crippen MR) is 202 cm³/mol. The first kappa shape index (κ1) is 58.1. The van der Waals surface area contributed by atoms with E-state index in [2.05, 4.69) is 4.74 Å². The summed E-state index contributed by atoms with van der Waals surface area (Å²) in [4.78, 5) is 72.8. The van der Waals surface area contributed by atoms with E-state index in [4.69, 9.17) is 47.4 Å². The van der Waals surface area contributed by atoms with Crippen molar-refractivity contribution in [1.82, 2.24) is 0 Å². The summed E-state index contributed by atoms with van der Waals surface area (Å²) >= 11 is 0. The van der Waals surface area contributed by atoms with E-state index in [0.29, 0.717) is 0 Å². The number of aliphatic hydroxyl groups excluding tert-OH is 14. The zero-order valence-corrected chi connectivity index (χ0v) is 36.2. The Morgan fingerprint density at radius 2 is 0.425 bits per heavy atom. The highest BCUT2D eigenvalue weighted by molar-refractivity contribution is 5.76. The van der Waals surface area contributed by atoms with E-state index in [9.17, 15) is 131 Å². The maximum atomic E-state index is 12.5. The molecule has 0 bridgehead atoms. The van der Waals surface area contributed by atoms with Crippen LogP contribution in [0.25, 0.3) is 0 Å². The van der Waals surface area contributed by atoms with Gasteiger partial charge in [0.15, 0.2) is 74.4 Å². The van der Waals surface area contributed by atoms with Gasteiger partial charge < -0.3 is 154 Å². The molecule has 0 aromatic rings. The molecule has 6 aliphatic heterocycles. The second-order valence-corrected chi connectivity index (χ2v) is 17.0. The van der Waals surface area contributed by atoms with Crippen LogP contribution >= 0.6 is 0 Å². The monoisotopic (exact) mass is 1070 g/mol. The van der Waals surface area contributed by atoms with E-state index < -0.39 is 220 Å². The maximum absolute atomic E-state index is 12.5.